The Hall–Kier alpha value is -2.86. The third-order valence-corrected chi connectivity index (χ3v) is 4.19. The first kappa shape index (κ1) is 19.5. The Bertz CT molecular complexity index is 796. The van der Waals surface area contributed by atoms with E-state index in [1.165, 1.54) is 19.2 Å². The van der Waals surface area contributed by atoms with Gasteiger partial charge in [-0.05, 0) is 55.3 Å². The summed E-state index contributed by atoms with van der Waals surface area (Å²) in [6.07, 6.45) is 0. The van der Waals surface area contributed by atoms with Crippen LogP contribution in [0.3, 0.4) is 0 Å². The molecule has 0 saturated carbocycles. The van der Waals surface area contributed by atoms with Crippen molar-refractivity contribution in [1.29, 1.82) is 0 Å². The van der Waals surface area contributed by atoms with Crippen LogP contribution in [0.4, 0.5) is 5.69 Å². The lowest BCUT2D eigenvalue weighted by molar-refractivity contribution is -0.120. The first-order valence-electron chi connectivity index (χ1n) is 8.10. The number of benzene rings is 2. The van der Waals surface area contributed by atoms with Gasteiger partial charge in [-0.15, -0.1) is 0 Å². The van der Waals surface area contributed by atoms with Gasteiger partial charge in [0.05, 0.1) is 24.7 Å². The highest BCUT2D eigenvalue weighted by Gasteiger charge is 2.30. The number of aromatic carboxylic acids is 1. The van der Waals surface area contributed by atoms with Crippen LogP contribution < -0.4 is 10.1 Å². The van der Waals surface area contributed by atoms with E-state index in [0.29, 0.717) is 17.0 Å². The lowest BCUT2D eigenvalue weighted by Crippen LogP contribution is -2.34. The zero-order valence-corrected chi connectivity index (χ0v) is 15.3. The number of carboxylic acid groups (broad SMARTS) is 1. The average Bonchev–Trinajstić information content (AvgIpc) is 2.61. The number of hydrogen-bond acceptors (Lipinski definition) is 4. The maximum absolute atomic E-state index is 12.8. The summed E-state index contributed by atoms with van der Waals surface area (Å²) in [6, 6.07) is 11.9. The molecule has 1 amide bonds. The first-order valence-corrected chi connectivity index (χ1v) is 8.10. The lowest BCUT2D eigenvalue weighted by atomic mass is 9.83. The maximum Gasteiger partial charge on any atom is 0.335 e. The summed E-state index contributed by atoms with van der Waals surface area (Å²) in [5.74, 6) is -0.593. The molecule has 0 aromatic heterocycles. The highest BCUT2D eigenvalue weighted by Crippen LogP contribution is 2.27. The van der Waals surface area contributed by atoms with Gasteiger partial charge in [-0.3, -0.25) is 4.79 Å². The molecule has 2 rings (SSSR count). The number of anilines is 1. The van der Waals surface area contributed by atoms with Crippen LogP contribution in [0, 0.1) is 0 Å². The van der Waals surface area contributed by atoms with E-state index in [9.17, 15) is 14.7 Å². The smallest absolute Gasteiger partial charge is 0.335 e. The number of carbonyl (C=O) groups excluding carboxylic acids is 1. The fourth-order valence-corrected chi connectivity index (χ4v) is 2.56. The number of ether oxygens (including phenoxy) is 2. The van der Waals surface area contributed by atoms with Gasteiger partial charge >= 0.3 is 5.97 Å². The van der Waals surface area contributed by atoms with Crippen molar-refractivity contribution in [2.45, 2.75) is 25.9 Å². The van der Waals surface area contributed by atoms with Gasteiger partial charge in [-0.25, -0.2) is 4.79 Å². The second kappa shape index (κ2) is 8.01. The topological polar surface area (TPSA) is 84.9 Å². The van der Waals surface area contributed by atoms with Gasteiger partial charge in [0, 0.05) is 12.8 Å². The van der Waals surface area contributed by atoms with Crippen molar-refractivity contribution in [3.05, 3.63) is 59.2 Å². The summed E-state index contributed by atoms with van der Waals surface area (Å²) in [6.45, 7) is 3.87. The zero-order chi connectivity index (χ0) is 19.3. The predicted octanol–water partition coefficient (Wildman–Crippen LogP) is 3.46. The number of methoxy groups -OCH3 is 2. The minimum atomic E-state index is -1.06. The van der Waals surface area contributed by atoms with Crippen LogP contribution in [0.5, 0.6) is 5.75 Å². The Morgan fingerprint density at radius 2 is 1.73 bits per heavy atom. The van der Waals surface area contributed by atoms with E-state index in [4.69, 9.17) is 9.47 Å². The van der Waals surface area contributed by atoms with Crippen LogP contribution in [-0.4, -0.2) is 31.2 Å². The van der Waals surface area contributed by atoms with E-state index in [-0.39, 0.29) is 18.1 Å². The second-order valence-electron chi connectivity index (χ2n) is 6.46. The lowest BCUT2D eigenvalue weighted by Gasteiger charge is -2.24. The molecule has 0 fully saturated rings. The van der Waals surface area contributed by atoms with E-state index in [1.807, 2.05) is 12.1 Å². The highest BCUT2D eigenvalue weighted by atomic mass is 16.5. The van der Waals surface area contributed by atoms with Crippen LogP contribution in [0.2, 0.25) is 0 Å². The quantitative estimate of drug-likeness (QED) is 0.793. The molecule has 0 aliphatic rings. The molecule has 6 heteroatoms. The van der Waals surface area contributed by atoms with Crippen molar-refractivity contribution < 1.29 is 24.2 Å². The van der Waals surface area contributed by atoms with E-state index >= 15 is 0 Å². The Balaban J connectivity index is 2.28. The molecule has 138 valence electrons. The van der Waals surface area contributed by atoms with Crippen molar-refractivity contribution in [2.24, 2.45) is 0 Å². The molecule has 2 aromatic carbocycles. The summed E-state index contributed by atoms with van der Waals surface area (Å²) in [7, 11) is 3.11. The Morgan fingerprint density at radius 3 is 2.27 bits per heavy atom. The highest BCUT2D eigenvalue weighted by molar-refractivity contribution is 5.99. The largest absolute Gasteiger partial charge is 0.497 e. The molecule has 0 spiro atoms. The fraction of sp³-hybridized carbons (Fsp3) is 0.300. The number of hydrogen-bond donors (Lipinski definition) is 2. The number of rotatable bonds is 7. The first-order chi connectivity index (χ1) is 12.3. The van der Waals surface area contributed by atoms with E-state index in [2.05, 4.69) is 5.32 Å². The van der Waals surface area contributed by atoms with Crippen LogP contribution >= 0.6 is 0 Å². The van der Waals surface area contributed by atoms with Crippen molar-refractivity contribution in [1.82, 2.24) is 0 Å². The third kappa shape index (κ3) is 4.40. The van der Waals surface area contributed by atoms with Gasteiger partial charge in [0.2, 0.25) is 5.91 Å². The van der Waals surface area contributed by atoms with Crippen molar-refractivity contribution in [3.8, 4) is 5.75 Å². The molecule has 0 aliphatic heterocycles. The molecule has 0 saturated heterocycles. The standard InChI is InChI=1S/C20H23NO5/c1-20(2,15-5-7-17(26-4)8-6-15)19(24)21-16-10-13(12-25-3)9-14(11-16)18(22)23/h5-11H,12H2,1-4H3,(H,21,24)(H,22,23). The number of carbonyl (C=O) groups is 2. The molecule has 0 aliphatic carbocycles. The Labute approximate surface area is 152 Å². The normalized spacial score (nSPS) is 11.1. The van der Waals surface area contributed by atoms with Crippen LogP contribution in [0.25, 0.3) is 0 Å². The zero-order valence-electron chi connectivity index (χ0n) is 15.3. The summed E-state index contributed by atoms with van der Waals surface area (Å²) >= 11 is 0. The summed E-state index contributed by atoms with van der Waals surface area (Å²) in [4.78, 5) is 24.1. The molecule has 26 heavy (non-hydrogen) atoms. The summed E-state index contributed by atoms with van der Waals surface area (Å²) in [5, 5.41) is 12.1. The third-order valence-electron chi connectivity index (χ3n) is 4.19. The molecular formula is C20H23NO5. The molecule has 0 atom stereocenters. The van der Waals surface area contributed by atoms with Gasteiger partial charge in [0.15, 0.2) is 0 Å². The Morgan fingerprint density at radius 1 is 1.08 bits per heavy atom. The summed E-state index contributed by atoms with van der Waals surface area (Å²) < 4.78 is 10.2. The van der Waals surface area contributed by atoms with Crippen molar-refractivity contribution in [2.75, 3.05) is 19.5 Å². The van der Waals surface area contributed by atoms with Gasteiger partial charge in [-0.1, -0.05) is 12.1 Å². The minimum absolute atomic E-state index is 0.0945. The van der Waals surface area contributed by atoms with Crippen molar-refractivity contribution >= 4 is 17.6 Å². The molecular weight excluding hydrogens is 334 g/mol. The van der Waals surface area contributed by atoms with E-state index in [1.54, 1.807) is 39.2 Å². The number of carboxylic acids is 1. The van der Waals surface area contributed by atoms with Crippen LogP contribution in [-0.2, 0) is 21.6 Å². The molecule has 2 N–H and O–H groups in total. The Kier molecular flexibility index (Phi) is 6.00. The van der Waals surface area contributed by atoms with Crippen LogP contribution in [0.15, 0.2) is 42.5 Å². The summed E-state index contributed by atoms with van der Waals surface area (Å²) in [5.41, 5.74) is 1.19. The van der Waals surface area contributed by atoms with Crippen LogP contribution in [0.1, 0.15) is 35.3 Å². The number of amides is 1. The predicted molar refractivity (Wildman–Crippen MR) is 98.8 cm³/mol. The number of nitrogens with one attached hydrogen (secondary N) is 1. The van der Waals surface area contributed by atoms with Gasteiger partial charge in [-0.2, -0.15) is 0 Å². The molecule has 0 unspecified atom stereocenters. The molecule has 6 nitrogen and oxygen atoms in total. The fourth-order valence-electron chi connectivity index (χ4n) is 2.56. The monoisotopic (exact) mass is 357 g/mol. The van der Waals surface area contributed by atoms with E-state index < -0.39 is 11.4 Å². The van der Waals surface area contributed by atoms with Crippen molar-refractivity contribution in [3.63, 3.8) is 0 Å². The van der Waals surface area contributed by atoms with Gasteiger partial charge in [0.1, 0.15) is 5.75 Å². The maximum atomic E-state index is 12.8. The van der Waals surface area contributed by atoms with Gasteiger partial charge in [0.25, 0.3) is 0 Å². The molecule has 0 heterocycles. The molecule has 0 radical (unpaired) electrons. The minimum Gasteiger partial charge on any atom is -0.497 e. The average molecular weight is 357 g/mol. The molecule has 0 bridgehead atoms. The van der Waals surface area contributed by atoms with E-state index in [0.717, 1.165) is 5.56 Å². The second-order valence-corrected chi connectivity index (χ2v) is 6.46. The van der Waals surface area contributed by atoms with Gasteiger partial charge < -0.3 is 19.9 Å². The molecule has 2 aromatic rings. The SMILES string of the molecule is COCc1cc(NC(=O)C(C)(C)c2ccc(OC)cc2)cc(C(=O)O)c1.